The van der Waals surface area contributed by atoms with Crippen molar-refractivity contribution in [1.29, 1.82) is 0 Å². The molecule has 0 bridgehead atoms. The number of hydrogen-bond donors (Lipinski definition) is 1. The fraction of sp³-hybridized carbons (Fsp3) is 0.480. The Balaban J connectivity index is 1.36. The molecule has 0 unspecified atom stereocenters. The minimum absolute atomic E-state index is 0.104. The zero-order valence-electron chi connectivity index (χ0n) is 19.5. The van der Waals surface area contributed by atoms with Gasteiger partial charge in [-0.2, -0.15) is 0 Å². The van der Waals surface area contributed by atoms with Gasteiger partial charge in [0.2, 0.25) is 5.91 Å². The molecule has 5 rings (SSSR count). The Hall–Kier alpha value is -3.49. The zero-order chi connectivity index (χ0) is 23.5. The number of fused-ring (bicyclic) bond motifs is 3. The number of para-hydroxylation sites is 1. The van der Waals surface area contributed by atoms with Crippen LogP contribution in [0.15, 0.2) is 30.6 Å². The van der Waals surface area contributed by atoms with E-state index in [9.17, 15) is 9.59 Å². The Morgan fingerprint density at radius 3 is 2.88 bits per heavy atom. The molecular formula is C25H30N6O3. The molecule has 1 atom stereocenters. The van der Waals surface area contributed by atoms with Crippen molar-refractivity contribution in [1.82, 2.24) is 19.5 Å². The van der Waals surface area contributed by atoms with Crippen LogP contribution in [0.2, 0.25) is 0 Å². The molecule has 4 heterocycles. The van der Waals surface area contributed by atoms with Crippen molar-refractivity contribution in [3.63, 3.8) is 0 Å². The smallest absolute Gasteiger partial charge is 0.340 e. The first-order valence-corrected chi connectivity index (χ1v) is 12.2. The number of piperidine rings is 1. The number of nitrogens with zero attached hydrogens (tertiary/aromatic N) is 5. The van der Waals surface area contributed by atoms with Crippen LogP contribution < -0.4 is 10.2 Å². The molecule has 34 heavy (non-hydrogen) atoms. The molecule has 2 aromatic heterocycles. The summed E-state index contributed by atoms with van der Waals surface area (Å²) < 4.78 is 7.36. The first-order valence-electron chi connectivity index (χ1n) is 12.2. The maximum atomic E-state index is 13.2. The van der Waals surface area contributed by atoms with Crippen LogP contribution >= 0.6 is 0 Å². The number of amides is 1. The first-order chi connectivity index (χ1) is 16.7. The molecule has 1 amide bonds. The van der Waals surface area contributed by atoms with E-state index in [0.29, 0.717) is 17.8 Å². The van der Waals surface area contributed by atoms with E-state index in [1.165, 1.54) is 6.42 Å². The Kier molecular flexibility index (Phi) is 6.42. The normalized spacial score (nSPS) is 18.3. The molecule has 1 aromatic carbocycles. The number of rotatable bonds is 5. The lowest BCUT2D eigenvalue weighted by Gasteiger charge is -2.32. The first kappa shape index (κ1) is 22.3. The summed E-state index contributed by atoms with van der Waals surface area (Å²) in [7, 11) is 0. The second-order valence-corrected chi connectivity index (χ2v) is 8.90. The molecule has 2 aliphatic heterocycles. The maximum absolute atomic E-state index is 13.2. The van der Waals surface area contributed by atoms with Gasteiger partial charge in [0.25, 0.3) is 0 Å². The quantitative estimate of drug-likeness (QED) is 0.578. The van der Waals surface area contributed by atoms with E-state index < -0.39 is 5.97 Å². The molecule has 0 saturated carbocycles. The summed E-state index contributed by atoms with van der Waals surface area (Å²) in [5.74, 6) is 1.11. The SMILES string of the molecule is CCOC(=O)c1ccccc1NC(=O)[C@@H]1CCCN(c2ncnc3c2nc2n3CCCCC2)C1. The highest BCUT2D eigenvalue weighted by Gasteiger charge is 2.29. The number of ether oxygens (including phenoxy) is 1. The Morgan fingerprint density at radius 2 is 2.00 bits per heavy atom. The molecule has 0 spiro atoms. The van der Waals surface area contributed by atoms with Gasteiger partial charge in [0.05, 0.1) is 23.8 Å². The summed E-state index contributed by atoms with van der Waals surface area (Å²) in [5.41, 5.74) is 2.55. The largest absolute Gasteiger partial charge is 0.462 e. The van der Waals surface area contributed by atoms with E-state index in [1.54, 1.807) is 37.5 Å². The monoisotopic (exact) mass is 462 g/mol. The molecule has 9 heteroatoms. The number of imidazole rings is 1. The van der Waals surface area contributed by atoms with E-state index in [2.05, 4.69) is 24.8 Å². The maximum Gasteiger partial charge on any atom is 0.340 e. The van der Waals surface area contributed by atoms with Crippen LogP contribution in [-0.2, 0) is 22.5 Å². The van der Waals surface area contributed by atoms with Crippen molar-refractivity contribution >= 4 is 34.5 Å². The van der Waals surface area contributed by atoms with Crippen LogP contribution in [-0.4, -0.2) is 51.1 Å². The highest BCUT2D eigenvalue weighted by Crippen LogP contribution is 2.30. The summed E-state index contributed by atoms with van der Waals surface area (Å²) >= 11 is 0. The molecule has 0 radical (unpaired) electrons. The molecule has 2 aliphatic rings. The van der Waals surface area contributed by atoms with E-state index in [4.69, 9.17) is 9.72 Å². The van der Waals surface area contributed by atoms with Gasteiger partial charge in [0.15, 0.2) is 17.0 Å². The molecule has 1 saturated heterocycles. The molecule has 178 valence electrons. The number of anilines is 2. The Bertz CT molecular complexity index is 1210. The number of carbonyl (C=O) groups is 2. The van der Waals surface area contributed by atoms with Crippen molar-refractivity contribution in [3.05, 3.63) is 42.0 Å². The summed E-state index contributed by atoms with van der Waals surface area (Å²) in [4.78, 5) is 41.7. The summed E-state index contributed by atoms with van der Waals surface area (Å²) in [6.45, 7) is 4.34. The predicted octanol–water partition coefficient (Wildman–Crippen LogP) is 3.58. The molecule has 9 nitrogen and oxygen atoms in total. The average molecular weight is 463 g/mol. The van der Waals surface area contributed by atoms with Gasteiger partial charge >= 0.3 is 5.97 Å². The zero-order valence-corrected chi connectivity index (χ0v) is 19.5. The number of nitrogens with one attached hydrogen (secondary N) is 1. The second kappa shape index (κ2) is 9.79. The van der Waals surface area contributed by atoms with Gasteiger partial charge in [-0.05, 0) is 44.7 Å². The number of benzene rings is 1. The summed E-state index contributed by atoms with van der Waals surface area (Å²) in [6, 6.07) is 6.96. The third-order valence-electron chi connectivity index (χ3n) is 6.65. The molecule has 1 N–H and O–H groups in total. The lowest BCUT2D eigenvalue weighted by Crippen LogP contribution is -2.41. The predicted molar refractivity (Wildman–Crippen MR) is 129 cm³/mol. The van der Waals surface area contributed by atoms with Gasteiger partial charge in [-0.1, -0.05) is 18.6 Å². The number of aryl methyl sites for hydroxylation is 2. The minimum Gasteiger partial charge on any atom is -0.462 e. The number of esters is 1. The molecule has 3 aromatic rings. The van der Waals surface area contributed by atoms with Crippen LogP contribution in [0.25, 0.3) is 11.2 Å². The Morgan fingerprint density at radius 1 is 1.12 bits per heavy atom. The van der Waals surface area contributed by atoms with Gasteiger partial charge in [0.1, 0.15) is 12.2 Å². The van der Waals surface area contributed by atoms with Crippen molar-refractivity contribution in [2.45, 2.75) is 52.0 Å². The second-order valence-electron chi connectivity index (χ2n) is 8.90. The van der Waals surface area contributed by atoms with E-state index >= 15 is 0 Å². The molecule has 0 aliphatic carbocycles. The lowest BCUT2D eigenvalue weighted by atomic mass is 9.96. The fourth-order valence-corrected chi connectivity index (χ4v) is 4.95. The molecular weight excluding hydrogens is 432 g/mol. The van der Waals surface area contributed by atoms with Gasteiger partial charge in [-0.25, -0.2) is 19.7 Å². The number of hydrogen-bond acceptors (Lipinski definition) is 7. The van der Waals surface area contributed by atoms with E-state index in [0.717, 1.165) is 68.0 Å². The van der Waals surface area contributed by atoms with Crippen LogP contribution in [0.4, 0.5) is 11.5 Å². The highest BCUT2D eigenvalue weighted by atomic mass is 16.5. The van der Waals surface area contributed by atoms with Gasteiger partial charge in [-0.15, -0.1) is 0 Å². The third kappa shape index (κ3) is 4.34. The number of aromatic nitrogens is 4. The standard InChI is InChI=1S/C25H30N6O3/c1-2-34-25(33)18-10-5-6-11-19(18)28-24(32)17-9-8-13-30(15-17)22-21-23(27-16-26-22)31-14-7-3-4-12-20(31)29-21/h5-6,10-11,16-17H,2-4,7-9,12-15H2,1H3,(H,28,32)/t17-/m1/s1. The summed E-state index contributed by atoms with van der Waals surface area (Å²) in [6.07, 6.45) is 7.71. The number of carbonyl (C=O) groups excluding carboxylic acids is 2. The minimum atomic E-state index is -0.438. The fourth-order valence-electron chi connectivity index (χ4n) is 4.95. The van der Waals surface area contributed by atoms with Crippen molar-refractivity contribution in [3.8, 4) is 0 Å². The Labute approximate surface area is 198 Å². The average Bonchev–Trinajstić information content (AvgIpc) is 3.05. The summed E-state index contributed by atoms with van der Waals surface area (Å²) in [5, 5.41) is 2.96. The van der Waals surface area contributed by atoms with Crippen LogP contribution in [0.1, 0.15) is 55.2 Å². The van der Waals surface area contributed by atoms with Gasteiger partial charge in [0, 0.05) is 26.1 Å². The molecule has 1 fully saturated rings. The van der Waals surface area contributed by atoms with Gasteiger partial charge < -0.3 is 19.5 Å². The van der Waals surface area contributed by atoms with E-state index in [-0.39, 0.29) is 18.4 Å². The van der Waals surface area contributed by atoms with Crippen LogP contribution in [0.3, 0.4) is 0 Å². The van der Waals surface area contributed by atoms with Crippen molar-refractivity contribution in [2.24, 2.45) is 5.92 Å². The highest BCUT2D eigenvalue weighted by molar-refractivity contribution is 6.02. The lowest BCUT2D eigenvalue weighted by molar-refractivity contribution is -0.120. The van der Waals surface area contributed by atoms with Gasteiger partial charge in [-0.3, -0.25) is 4.79 Å². The third-order valence-corrected chi connectivity index (χ3v) is 6.65. The van der Waals surface area contributed by atoms with E-state index in [1.807, 2.05) is 0 Å². The van der Waals surface area contributed by atoms with Crippen LogP contribution in [0.5, 0.6) is 0 Å². The van der Waals surface area contributed by atoms with Crippen molar-refractivity contribution < 1.29 is 14.3 Å². The van der Waals surface area contributed by atoms with Crippen molar-refractivity contribution in [2.75, 3.05) is 29.9 Å². The topological polar surface area (TPSA) is 102 Å². The van der Waals surface area contributed by atoms with Crippen LogP contribution in [0, 0.1) is 5.92 Å².